The van der Waals surface area contributed by atoms with E-state index in [0.29, 0.717) is 6.61 Å². The van der Waals surface area contributed by atoms with Crippen LogP contribution in [0, 0.1) is 0 Å². The van der Waals surface area contributed by atoms with E-state index in [0.717, 1.165) is 35.8 Å². The van der Waals surface area contributed by atoms with Crippen LogP contribution >= 0.6 is 15.9 Å². The lowest BCUT2D eigenvalue weighted by Gasteiger charge is -2.14. The summed E-state index contributed by atoms with van der Waals surface area (Å²) in [5, 5.41) is 3.51. The summed E-state index contributed by atoms with van der Waals surface area (Å²) >= 11 is 3.58. The van der Waals surface area contributed by atoms with E-state index in [1.54, 1.807) is 0 Å². The van der Waals surface area contributed by atoms with Crippen LogP contribution in [-0.2, 0) is 11.3 Å². The van der Waals surface area contributed by atoms with Gasteiger partial charge in [0.05, 0.1) is 17.7 Å². The van der Waals surface area contributed by atoms with Crippen LogP contribution in [0.1, 0.15) is 24.8 Å². The zero-order valence-corrected chi connectivity index (χ0v) is 11.9. The number of benzene rings is 1. The van der Waals surface area contributed by atoms with Crippen molar-refractivity contribution in [2.24, 2.45) is 0 Å². The van der Waals surface area contributed by atoms with Gasteiger partial charge in [0.15, 0.2) is 0 Å². The normalized spacial score (nSPS) is 23.3. The van der Waals surface area contributed by atoms with Gasteiger partial charge in [-0.1, -0.05) is 6.07 Å². The van der Waals surface area contributed by atoms with E-state index in [1.807, 2.05) is 6.07 Å². The first-order valence-corrected chi connectivity index (χ1v) is 7.37. The van der Waals surface area contributed by atoms with Gasteiger partial charge in [0.2, 0.25) is 0 Å². The molecule has 1 N–H and O–H groups in total. The molecule has 0 bridgehead atoms. The third kappa shape index (κ3) is 3.25. The summed E-state index contributed by atoms with van der Waals surface area (Å²) in [4.78, 5) is 0. The Bertz CT molecular complexity index is 414. The number of hydrogen-bond donors (Lipinski definition) is 1. The molecular weight excluding hydrogens is 294 g/mol. The van der Waals surface area contributed by atoms with E-state index in [9.17, 15) is 0 Å². The summed E-state index contributed by atoms with van der Waals surface area (Å²) in [5.41, 5.74) is 1.30. The van der Waals surface area contributed by atoms with E-state index >= 15 is 0 Å². The molecule has 2 fully saturated rings. The van der Waals surface area contributed by atoms with E-state index in [2.05, 4.69) is 33.4 Å². The predicted molar refractivity (Wildman–Crippen MR) is 73.9 cm³/mol. The predicted octanol–water partition coefficient (Wildman–Crippen LogP) is 2.87. The quantitative estimate of drug-likeness (QED) is 0.907. The SMILES string of the molecule is Brc1cc(CNC2CC2)ccc1OC1CCOC1. The van der Waals surface area contributed by atoms with E-state index < -0.39 is 0 Å². The van der Waals surface area contributed by atoms with Crippen molar-refractivity contribution in [3.05, 3.63) is 28.2 Å². The highest BCUT2D eigenvalue weighted by molar-refractivity contribution is 9.10. The first-order chi connectivity index (χ1) is 8.81. The van der Waals surface area contributed by atoms with E-state index in [-0.39, 0.29) is 6.10 Å². The summed E-state index contributed by atoms with van der Waals surface area (Å²) in [6.45, 7) is 2.46. The maximum atomic E-state index is 5.91. The second-order valence-corrected chi connectivity index (χ2v) is 5.88. The molecule has 1 aliphatic carbocycles. The molecule has 18 heavy (non-hydrogen) atoms. The topological polar surface area (TPSA) is 30.5 Å². The minimum atomic E-state index is 0.205. The van der Waals surface area contributed by atoms with Crippen LogP contribution in [0.2, 0.25) is 0 Å². The second-order valence-electron chi connectivity index (χ2n) is 5.02. The highest BCUT2D eigenvalue weighted by Crippen LogP contribution is 2.28. The summed E-state index contributed by atoms with van der Waals surface area (Å²) in [5.74, 6) is 0.917. The lowest BCUT2D eigenvalue weighted by molar-refractivity contribution is 0.141. The number of nitrogens with one attached hydrogen (secondary N) is 1. The monoisotopic (exact) mass is 311 g/mol. The van der Waals surface area contributed by atoms with Crippen LogP contribution in [-0.4, -0.2) is 25.4 Å². The zero-order chi connectivity index (χ0) is 12.4. The number of ether oxygens (including phenoxy) is 2. The Morgan fingerprint density at radius 3 is 2.89 bits per heavy atom. The lowest BCUT2D eigenvalue weighted by atomic mass is 10.2. The molecule has 1 atom stereocenters. The molecule has 0 aromatic heterocycles. The maximum Gasteiger partial charge on any atom is 0.134 e. The number of hydrogen-bond acceptors (Lipinski definition) is 3. The molecule has 1 saturated heterocycles. The lowest BCUT2D eigenvalue weighted by Crippen LogP contribution is -2.17. The number of halogens is 1. The van der Waals surface area contributed by atoms with Crippen LogP contribution in [0.15, 0.2) is 22.7 Å². The Labute approximate surface area is 116 Å². The standard InChI is InChI=1S/C14H18BrNO2/c15-13-7-10(8-16-11-2-3-11)1-4-14(13)18-12-5-6-17-9-12/h1,4,7,11-12,16H,2-3,5-6,8-9H2. The molecule has 0 radical (unpaired) electrons. The van der Waals surface area contributed by atoms with Gasteiger partial charge < -0.3 is 14.8 Å². The van der Waals surface area contributed by atoms with Gasteiger partial charge in [-0.05, 0) is 46.5 Å². The molecule has 1 aromatic carbocycles. The summed E-state index contributed by atoms with van der Waals surface area (Å²) in [6.07, 6.45) is 3.84. The highest BCUT2D eigenvalue weighted by Gasteiger charge is 2.20. The van der Waals surface area contributed by atoms with E-state index in [4.69, 9.17) is 9.47 Å². The largest absolute Gasteiger partial charge is 0.487 e. The highest BCUT2D eigenvalue weighted by atomic mass is 79.9. The molecule has 3 nitrogen and oxygen atoms in total. The summed E-state index contributed by atoms with van der Waals surface area (Å²) in [6, 6.07) is 7.06. The van der Waals surface area contributed by atoms with Gasteiger partial charge in [0.25, 0.3) is 0 Å². The molecule has 0 amide bonds. The Hall–Kier alpha value is -0.580. The molecule has 2 aliphatic rings. The van der Waals surface area contributed by atoms with Crippen LogP contribution in [0.5, 0.6) is 5.75 Å². The average molecular weight is 312 g/mol. The molecule has 1 aromatic rings. The molecule has 98 valence electrons. The van der Waals surface area contributed by atoms with Crippen molar-refractivity contribution in [1.29, 1.82) is 0 Å². The molecule has 1 heterocycles. The molecule has 0 spiro atoms. The second kappa shape index (κ2) is 5.59. The minimum Gasteiger partial charge on any atom is -0.487 e. The fraction of sp³-hybridized carbons (Fsp3) is 0.571. The van der Waals surface area contributed by atoms with Gasteiger partial charge in [-0.25, -0.2) is 0 Å². The molecule has 4 heteroatoms. The Kier molecular flexibility index (Phi) is 3.87. The van der Waals surface area contributed by atoms with Crippen LogP contribution in [0.4, 0.5) is 0 Å². The van der Waals surface area contributed by atoms with Crippen molar-refractivity contribution < 1.29 is 9.47 Å². The fourth-order valence-corrected chi connectivity index (χ4v) is 2.60. The zero-order valence-electron chi connectivity index (χ0n) is 10.3. The van der Waals surface area contributed by atoms with Crippen molar-refractivity contribution >= 4 is 15.9 Å². The van der Waals surface area contributed by atoms with Crippen molar-refractivity contribution in [3.8, 4) is 5.75 Å². The molecule has 1 aliphatic heterocycles. The molecule has 1 unspecified atom stereocenters. The van der Waals surface area contributed by atoms with Gasteiger partial charge in [0, 0.05) is 19.0 Å². The van der Waals surface area contributed by atoms with Crippen molar-refractivity contribution in [3.63, 3.8) is 0 Å². The van der Waals surface area contributed by atoms with Crippen molar-refractivity contribution in [2.75, 3.05) is 13.2 Å². The Morgan fingerprint density at radius 1 is 1.33 bits per heavy atom. The van der Waals surface area contributed by atoms with Crippen LogP contribution < -0.4 is 10.1 Å². The van der Waals surface area contributed by atoms with Crippen molar-refractivity contribution in [2.45, 2.75) is 38.0 Å². The van der Waals surface area contributed by atoms with Gasteiger partial charge in [0.1, 0.15) is 11.9 Å². The molecule has 3 rings (SSSR count). The average Bonchev–Trinajstić information content (AvgIpc) is 3.06. The Balaban J connectivity index is 1.60. The Morgan fingerprint density at radius 2 is 2.22 bits per heavy atom. The summed E-state index contributed by atoms with van der Waals surface area (Å²) < 4.78 is 12.3. The first kappa shape index (κ1) is 12.5. The van der Waals surface area contributed by atoms with Gasteiger partial charge in [-0.15, -0.1) is 0 Å². The number of rotatable bonds is 5. The smallest absolute Gasteiger partial charge is 0.134 e. The van der Waals surface area contributed by atoms with Gasteiger partial charge in [-0.2, -0.15) is 0 Å². The molecule has 1 saturated carbocycles. The third-order valence-electron chi connectivity index (χ3n) is 3.35. The van der Waals surface area contributed by atoms with Crippen LogP contribution in [0.25, 0.3) is 0 Å². The van der Waals surface area contributed by atoms with Crippen molar-refractivity contribution in [1.82, 2.24) is 5.32 Å². The maximum absolute atomic E-state index is 5.91. The molecular formula is C14H18BrNO2. The third-order valence-corrected chi connectivity index (χ3v) is 3.97. The minimum absolute atomic E-state index is 0.205. The first-order valence-electron chi connectivity index (χ1n) is 6.57. The van der Waals surface area contributed by atoms with E-state index in [1.165, 1.54) is 18.4 Å². The fourth-order valence-electron chi connectivity index (χ4n) is 2.08. The van der Waals surface area contributed by atoms with Gasteiger partial charge in [-0.3, -0.25) is 0 Å². The van der Waals surface area contributed by atoms with Crippen LogP contribution in [0.3, 0.4) is 0 Å². The summed E-state index contributed by atoms with van der Waals surface area (Å²) in [7, 11) is 0. The van der Waals surface area contributed by atoms with Gasteiger partial charge >= 0.3 is 0 Å².